The van der Waals surface area contributed by atoms with E-state index < -0.39 is 0 Å². The van der Waals surface area contributed by atoms with E-state index in [4.69, 9.17) is 42.3 Å². The molecule has 0 atom stereocenters. The Hall–Kier alpha value is -9.43. The van der Waals surface area contributed by atoms with Crippen molar-refractivity contribution in [2.45, 2.75) is 352 Å². The molecule has 2 N–H and O–H groups in total. The van der Waals surface area contributed by atoms with Gasteiger partial charge in [-0.25, -0.2) is 0 Å². The van der Waals surface area contributed by atoms with Crippen LogP contribution in [0, 0.1) is 198 Å². The Labute approximate surface area is 645 Å². The highest BCUT2D eigenvalue weighted by molar-refractivity contribution is 5.79. The fourth-order valence-corrected chi connectivity index (χ4v) is 5.91. The topological polar surface area (TPSA) is 160 Å². The van der Waals surface area contributed by atoms with Crippen LogP contribution in [0.2, 0.25) is 0 Å². The summed E-state index contributed by atoms with van der Waals surface area (Å²) in [7, 11) is 0. The molecular weight excluding hydrogens is 1290 g/mol. The molecule has 0 saturated heterocycles. The highest BCUT2D eigenvalue weighted by Crippen LogP contribution is 2.08. The van der Waals surface area contributed by atoms with Crippen molar-refractivity contribution in [1.29, 1.82) is 0 Å². The van der Waals surface area contributed by atoms with Crippen molar-refractivity contribution in [1.82, 2.24) is 0 Å². The molecule has 104 heavy (non-hydrogen) atoms. The van der Waals surface area contributed by atoms with Gasteiger partial charge in [0, 0.05) is 78.8 Å². The van der Waals surface area contributed by atoms with E-state index >= 15 is 0 Å². The molecule has 0 bridgehead atoms. The van der Waals surface area contributed by atoms with Gasteiger partial charge in [-0.1, -0.05) is 186 Å². The average molecular weight is 1430 g/mol. The van der Waals surface area contributed by atoms with Gasteiger partial charge in [0.2, 0.25) is 0 Å². The van der Waals surface area contributed by atoms with Gasteiger partial charge in [0.05, 0.1) is 0 Å². The lowest BCUT2D eigenvalue weighted by Crippen LogP contribution is -2.01. The van der Waals surface area contributed by atoms with Crippen LogP contribution >= 0.6 is 0 Å². The van der Waals surface area contributed by atoms with E-state index in [9.17, 15) is 33.6 Å². The van der Waals surface area contributed by atoms with Crippen LogP contribution in [-0.2, 0) is 33.6 Å². The third kappa shape index (κ3) is 243. The number of Topliss-reactive ketones (excluding diaryl/α,β-unsaturated/α-hetero) is 7. The van der Waals surface area contributed by atoms with Crippen LogP contribution < -0.4 is 0 Å². The Bertz CT molecular complexity index is 2940. The molecule has 0 saturated carbocycles. The molecule has 0 aromatic rings. The molecular formula is C95H144O9. The largest absolute Gasteiger partial charge is 0.397 e. The normalized spacial score (nSPS) is 7.13. The highest BCUT2D eigenvalue weighted by atomic mass is 16.3. The van der Waals surface area contributed by atoms with Crippen molar-refractivity contribution >= 4 is 40.5 Å². The molecule has 9 nitrogen and oxygen atoms in total. The number of terminal acetylenes is 5. The van der Waals surface area contributed by atoms with Gasteiger partial charge in [0.15, 0.2) is 0 Å². The fourth-order valence-electron chi connectivity index (χ4n) is 5.91. The summed E-state index contributed by atoms with van der Waals surface area (Å²) in [6.45, 7) is 38.9. The minimum atomic E-state index is 0. The second-order valence-electron chi connectivity index (χ2n) is 21.6. The summed E-state index contributed by atoms with van der Waals surface area (Å²) in [5.74, 6) is 67.4. The van der Waals surface area contributed by atoms with Crippen molar-refractivity contribution in [3.05, 3.63) is 0 Å². The maximum Gasteiger partial charge on any atom is 0.133 e. The summed E-state index contributed by atoms with van der Waals surface area (Å²) in [6, 6.07) is 0. The number of rotatable bonds is 32. The van der Waals surface area contributed by atoms with Crippen LogP contribution in [-0.4, -0.2) is 63.9 Å². The summed E-state index contributed by atoms with van der Waals surface area (Å²) in [5.41, 5.74) is 0. The van der Waals surface area contributed by atoms with Crippen LogP contribution in [0.4, 0.5) is 0 Å². The molecule has 0 radical (unpaired) electrons. The molecule has 0 fully saturated rings. The molecule has 0 rings (SSSR count). The fraction of sp³-hybridized carbons (Fsp3) is 0.589. The maximum absolute atomic E-state index is 11.2. The molecule has 0 heterocycles. The van der Waals surface area contributed by atoms with Gasteiger partial charge in [-0.2, -0.15) is 0 Å². The van der Waals surface area contributed by atoms with Crippen molar-refractivity contribution < 1.29 is 45.2 Å². The third-order valence-electron chi connectivity index (χ3n) is 10.4. The number of aliphatic hydroxyl groups is 2. The van der Waals surface area contributed by atoms with Gasteiger partial charge >= 0.3 is 0 Å². The van der Waals surface area contributed by atoms with E-state index in [1.54, 1.807) is 41.5 Å². The van der Waals surface area contributed by atoms with E-state index in [1.165, 1.54) is 78.1 Å². The minimum absolute atomic E-state index is 0. The van der Waals surface area contributed by atoms with E-state index in [1.807, 2.05) is 20.8 Å². The zero-order valence-corrected chi connectivity index (χ0v) is 67.6. The number of carbonyl (C=O) groups is 7. The van der Waals surface area contributed by atoms with Crippen molar-refractivity contribution in [3.8, 4) is 192 Å². The number of hydrogen-bond acceptors (Lipinski definition) is 9. The number of ketones is 7. The van der Waals surface area contributed by atoms with E-state index in [-0.39, 0.29) is 34.5 Å². The predicted molar refractivity (Wildman–Crippen MR) is 455 cm³/mol. The van der Waals surface area contributed by atoms with Crippen LogP contribution in [0.25, 0.3) is 0 Å². The first kappa shape index (κ1) is 131. The molecule has 9 heteroatoms. The standard InChI is InChI=1S/C11H22O.C11H4.C10H20O.C10H2.C9H18O.C9H4.2C7H14O.C5H10O.C5H4.C4H10O.C3H6O.C2H6O.2CH4.H2/c1-3-5-7-9-11(12)10-8-6-4-2;1-3-5-7-9-11-10-8-6-4-2;1-4-5-6-7-10(11)8-9(2)3;1-3-5-7-9-10-8-6-4-2;1-3-5-6-8-9(10)7-4-2;1-3-5-7-9-8-6-4-2;1-3-4-5-6-7(2)8;1-3-5-7(8)6-4-2;1-3-4-5(2)6;1-3-5-4-2;1-2-3-4-5;1-3(2)4;1-2-3;;;/h3-10H2,1-2H3;1H,2H3;9H,4-8H2,1-3H3;1-2H;3-8H2,1-2H3;1H,2H3;2*3-6H2,1-2H3;3-4H2,1-2H3;1H,2H3;5H,2-4H2,1H3;1-2H3;3H,2H2,1H3;2*1H4;1H/i;;;;;;;;;;;;;;;1+1. The zero-order valence-electron chi connectivity index (χ0n) is 67.6. The Morgan fingerprint density at radius 2 is 0.490 bits per heavy atom. The Kier molecular flexibility index (Phi) is 181. The Balaban J connectivity index is -0.0000000590. The van der Waals surface area contributed by atoms with Crippen molar-refractivity contribution in [2.24, 2.45) is 5.92 Å². The molecule has 578 valence electrons. The summed E-state index contributed by atoms with van der Waals surface area (Å²) < 4.78 is 0. The lowest BCUT2D eigenvalue weighted by atomic mass is 10.0. The molecule has 0 aliphatic rings. The van der Waals surface area contributed by atoms with Gasteiger partial charge in [-0.05, 0) is 268 Å². The molecule has 0 aliphatic carbocycles. The second kappa shape index (κ2) is 144. The third-order valence-corrected chi connectivity index (χ3v) is 10.4. The smallest absolute Gasteiger partial charge is 0.133 e. The highest BCUT2D eigenvalue weighted by Gasteiger charge is 2.04. The van der Waals surface area contributed by atoms with E-state index in [2.05, 4.69) is 222 Å². The van der Waals surface area contributed by atoms with Gasteiger partial charge in [-0.15, -0.1) is 32.1 Å². The first-order chi connectivity index (χ1) is 48.8. The molecule has 0 unspecified atom stereocenters. The number of aliphatic hydroxyl groups excluding tert-OH is 2. The van der Waals surface area contributed by atoms with Gasteiger partial charge in [0.25, 0.3) is 0 Å². The number of unbranched alkanes of at least 4 members (excludes halogenated alkanes) is 11. The quantitative estimate of drug-likeness (QED) is 0.0494. The summed E-state index contributed by atoms with van der Waals surface area (Å²) in [6.07, 6.45) is 55.3. The van der Waals surface area contributed by atoms with Gasteiger partial charge < -0.3 is 24.6 Å². The van der Waals surface area contributed by atoms with Gasteiger partial charge in [-0.3, -0.25) is 19.2 Å². The Morgan fingerprint density at radius 3 is 0.654 bits per heavy atom. The predicted octanol–water partition coefficient (Wildman–Crippen LogP) is 20.6. The van der Waals surface area contributed by atoms with E-state index in [0.717, 1.165) is 135 Å². The SMILES string of the molecule is C.C.C#CC#CC.C#CC#CC#CC#CC.C#CC#CC#CC#CC#C.C#CC#CC#CC#CC#CC.CC(C)=O.CCCC(=O)CCC.CCCC(C)=O.CCCCCC(=O)CC(C)C.CCCCCC(=O)CCC.CCCCCC(=O)CCCCC.CCCCCC(C)=O.CCCCO.CCO.[2HH]. The van der Waals surface area contributed by atoms with Crippen LogP contribution in [0.5, 0.6) is 0 Å². The monoisotopic (exact) mass is 1430 g/mol. The first-order valence-corrected chi connectivity index (χ1v) is 36.1. The molecule has 0 aromatic heterocycles. The van der Waals surface area contributed by atoms with Crippen molar-refractivity contribution in [2.75, 3.05) is 13.2 Å². The van der Waals surface area contributed by atoms with Crippen LogP contribution in [0.1, 0.15) is 354 Å². The molecule has 0 aromatic carbocycles. The number of hydrogen-bond donors (Lipinski definition) is 2. The molecule has 0 spiro atoms. The lowest BCUT2D eigenvalue weighted by Gasteiger charge is -2.02. The number of carbonyl (C=O) groups excluding carboxylic acids is 7. The van der Waals surface area contributed by atoms with Crippen LogP contribution in [0.3, 0.4) is 0 Å². The van der Waals surface area contributed by atoms with Crippen molar-refractivity contribution in [3.63, 3.8) is 0 Å². The second-order valence-corrected chi connectivity index (χ2v) is 21.6. The summed E-state index contributed by atoms with van der Waals surface area (Å²) in [4.78, 5) is 73.7. The summed E-state index contributed by atoms with van der Waals surface area (Å²) in [5, 5.41) is 15.6. The van der Waals surface area contributed by atoms with Gasteiger partial charge in [0.1, 0.15) is 40.5 Å². The van der Waals surface area contributed by atoms with Crippen LogP contribution in [0.15, 0.2) is 0 Å². The Morgan fingerprint density at radius 1 is 0.288 bits per heavy atom. The summed E-state index contributed by atoms with van der Waals surface area (Å²) >= 11 is 0. The minimum Gasteiger partial charge on any atom is -0.397 e. The average Bonchev–Trinajstić information content (AvgIpc) is 1.66. The first-order valence-electron chi connectivity index (χ1n) is 36.1. The molecule has 0 aliphatic heterocycles. The maximum atomic E-state index is 11.2. The molecule has 0 amide bonds. The van der Waals surface area contributed by atoms with E-state index in [0.29, 0.717) is 41.4 Å². The lowest BCUT2D eigenvalue weighted by molar-refractivity contribution is -0.120. The zero-order chi connectivity index (χ0) is 81.0.